The second-order valence-electron chi connectivity index (χ2n) is 5.94. The van der Waals surface area contributed by atoms with Crippen LogP contribution in [0, 0.1) is 0 Å². The molecule has 1 fully saturated rings. The molecule has 2 atom stereocenters. The number of halogens is 3. The molecule has 23 heavy (non-hydrogen) atoms. The Morgan fingerprint density at radius 1 is 1.43 bits per heavy atom. The van der Waals surface area contributed by atoms with Gasteiger partial charge >= 0.3 is 6.18 Å². The van der Waals surface area contributed by atoms with Crippen molar-refractivity contribution in [2.75, 3.05) is 18.4 Å². The molecule has 0 bridgehead atoms. The van der Waals surface area contributed by atoms with Crippen LogP contribution in [-0.2, 0) is 11.0 Å². The zero-order chi connectivity index (χ0) is 17.0. The number of rotatable bonds is 5. The highest BCUT2D eigenvalue weighted by Crippen LogP contribution is 2.34. The average molecular weight is 330 g/mol. The molecule has 1 heterocycles. The van der Waals surface area contributed by atoms with Crippen molar-refractivity contribution in [1.82, 2.24) is 4.90 Å². The van der Waals surface area contributed by atoms with Crippen molar-refractivity contribution in [3.05, 3.63) is 29.8 Å². The first-order valence-electron chi connectivity index (χ1n) is 7.65. The number of amides is 1. The topological polar surface area (TPSA) is 52.6 Å². The van der Waals surface area contributed by atoms with Crippen molar-refractivity contribution in [2.45, 2.75) is 44.5 Å². The largest absolute Gasteiger partial charge is 0.418 e. The molecular formula is C16H21F3N2O2. The van der Waals surface area contributed by atoms with E-state index in [-0.39, 0.29) is 18.3 Å². The fraction of sp³-hybridized carbons (Fsp3) is 0.562. The van der Waals surface area contributed by atoms with Crippen molar-refractivity contribution >= 4 is 11.6 Å². The maximum atomic E-state index is 12.9. The molecular weight excluding hydrogens is 309 g/mol. The van der Waals surface area contributed by atoms with Crippen LogP contribution in [0.2, 0.25) is 0 Å². The van der Waals surface area contributed by atoms with E-state index in [1.54, 1.807) is 6.92 Å². The van der Waals surface area contributed by atoms with Gasteiger partial charge in [0, 0.05) is 6.04 Å². The molecule has 2 unspecified atom stereocenters. The van der Waals surface area contributed by atoms with Gasteiger partial charge in [0.15, 0.2) is 0 Å². The quantitative estimate of drug-likeness (QED) is 0.873. The van der Waals surface area contributed by atoms with Gasteiger partial charge in [0.1, 0.15) is 0 Å². The standard InChI is InChI=1S/C16H21F3N2O2/c1-11(22)9-12-5-4-8-21(12)10-15(23)20-14-7-3-2-6-13(14)16(17,18)19/h2-3,6-7,11-12,22H,4-5,8-10H2,1H3,(H,20,23). The molecule has 4 nitrogen and oxygen atoms in total. The van der Waals surface area contributed by atoms with E-state index in [1.165, 1.54) is 18.2 Å². The van der Waals surface area contributed by atoms with Crippen LogP contribution in [0.3, 0.4) is 0 Å². The summed E-state index contributed by atoms with van der Waals surface area (Å²) >= 11 is 0. The minimum absolute atomic E-state index is 0.0313. The molecule has 128 valence electrons. The highest BCUT2D eigenvalue weighted by molar-refractivity contribution is 5.93. The maximum absolute atomic E-state index is 12.9. The summed E-state index contributed by atoms with van der Waals surface area (Å²) in [6.07, 6.45) is -2.60. The van der Waals surface area contributed by atoms with E-state index in [0.717, 1.165) is 18.9 Å². The Labute approximate surface area is 133 Å². The lowest BCUT2D eigenvalue weighted by atomic mass is 10.1. The van der Waals surface area contributed by atoms with Crippen molar-refractivity contribution < 1.29 is 23.1 Å². The number of nitrogens with one attached hydrogen (secondary N) is 1. The molecule has 0 saturated carbocycles. The summed E-state index contributed by atoms with van der Waals surface area (Å²) in [5.74, 6) is -0.473. The van der Waals surface area contributed by atoms with E-state index in [9.17, 15) is 23.1 Å². The maximum Gasteiger partial charge on any atom is 0.418 e. The molecule has 1 aliphatic rings. The van der Waals surface area contributed by atoms with Gasteiger partial charge in [0.2, 0.25) is 5.91 Å². The smallest absolute Gasteiger partial charge is 0.393 e. The van der Waals surface area contributed by atoms with Crippen molar-refractivity contribution in [2.24, 2.45) is 0 Å². The summed E-state index contributed by atoms with van der Waals surface area (Å²) in [5, 5.41) is 11.8. The normalized spacial score (nSPS) is 20.5. The number of para-hydroxylation sites is 1. The lowest BCUT2D eigenvalue weighted by Gasteiger charge is -2.25. The molecule has 1 saturated heterocycles. The first-order valence-corrected chi connectivity index (χ1v) is 7.65. The van der Waals surface area contributed by atoms with E-state index >= 15 is 0 Å². The number of carbonyl (C=O) groups is 1. The third-order valence-corrected chi connectivity index (χ3v) is 3.97. The minimum Gasteiger partial charge on any atom is -0.393 e. The predicted octanol–water partition coefficient (Wildman–Crippen LogP) is 2.88. The Balaban J connectivity index is 2.00. The van der Waals surface area contributed by atoms with Gasteiger partial charge in [0.05, 0.1) is 23.9 Å². The van der Waals surface area contributed by atoms with Gasteiger partial charge < -0.3 is 10.4 Å². The lowest BCUT2D eigenvalue weighted by Crippen LogP contribution is -2.38. The average Bonchev–Trinajstić information content (AvgIpc) is 2.84. The van der Waals surface area contributed by atoms with E-state index in [2.05, 4.69) is 5.32 Å². The van der Waals surface area contributed by atoms with Gasteiger partial charge in [-0.05, 0) is 44.9 Å². The molecule has 1 aliphatic heterocycles. The summed E-state index contributed by atoms with van der Waals surface area (Å²) in [5.41, 5.74) is -1.08. The fourth-order valence-electron chi connectivity index (χ4n) is 2.98. The number of hydrogen-bond donors (Lipinski definition) is 2. The van der Waals surface area contributed by atoms with Crippen LogP contribution in [-0.4, -0.2) is 41.1 Å². The van der Waals surface area contributed by atoms with E-state index in [0.29, 0.717) is 13.0 Å². The van der Waals surface area contributed by atoms with Crippen molar-refractivity contribution in [1.29, 1.82) is 0 Å². The Kier molecular flexibility index (Phi) is 5.64. The highest BCUT2D eigenvalue weighted by Gasteiger charge is 2.34. The number of aliphatic hydroxyl groups is 1. The number of aliphatic hydroxyl groups excluding tert-OH is 1. The van der Waals surface area contributed by atoms with Crippen LogP contribution in [0.4, 0.5) is 18.9 Å². The van der Waals surface area contributed by atoms with Gasteiger partial charge in [-0.15, -0.1) is 0 Å². The molecule has 0 spiro atoms. The SMILES string of the molecule is CC(O)CC1CCCN1CC(=O)Nc1ccccc1C(F)(F)F. The second kappa shape index (κ2) is 7.31. The van der Waals surface area contributed by atoms with Crippen molar-refractivity contribution in [3.63, 3.8) is 0 Å². The molecule has 2 rings (SSSR count). The lowest BCUT2D eigenvalue weighted by molar-refractivity contribution is -0.137. The Bertz CT molecular complexity index is 546. The van der Waals surface area contributed by atoms with Crippen LogP contribution >= 0.6 is 0 Å². The van der Waals surface area contributed by atoms with E-state index in [4.69, 9.17) is 0 Å². The number of anilines is 1. The molecule has 0 aliphatic carbocycles. The summed E-state index contributed by atoms with van der Waals surface area (Å²) in [4.78, 5) is 14.0. The number of hydrogen-bond acceptors (Lipinski definition) is 3. The minimum atomic E-state index is -4.51. The molecule has 1 aromatic rings. The second-order valence-corrected chi connectivity index (χ2v) is 5.94. The van der Waals surface area contributed by atoms with E-state index < -0.39 is 23.8 Å². The first-order chi connectivity index (χ1) is 10.8. The zero-order valence-corrected chi connectivity index (χ0v) is 12.9. The van der Waals surface area contributed by atoms with Gasteiger partial charge in [-0.1, -0.05) is 12.1 Å². The molecule has 0 radical (unpaired) electrons. The van der Waals surface area contributed by atoms with Gasteiger partial charge in [0.25, 0.3) is 0 Å². The zero-order valence-electron chi connectivity index (χ0n) is 12.9. The van der Waals surface area contributed by atoms with Crippen LogP contribution in [0.5, 0.6) is 0 Å². The van der Waals surface area contributed by atoms with Crippen LogP contribution in [0.15, 0.2) is 24.3 Å². The fourth-order valence-corrected chi connectivity index (χ4v) is 2.98. The van der Waals surface area contributed by atoms with Crippen LogP contribution in [0.1, 0.15) is 31.7 Å². The highest BCUT2D eigenvalue weighted by atomic mass is 19.4. The number of carbonyl (C=O) groups excluding carboxylic acids is 1. The Morgan fingerprint density at radius 3 is 2.78 bits per heavy atom. The van der Waals surface area contributed by atoms with Gasteiger partial charge in [-0.25, -0.2) is 0 Å². The molecule has 2 N–H and O–H groups in total. The molecule has 7 heteroatoms. The monoisotopic (exact) mass is 330 g/mol. The Morgan fingerprint density at radius 2 is 2.13 bits per heavy atom. The first kappa shape index (κ1) is 17.7. The molecule has 0 aromatic heterocycles. The number of nitrogens with zero attached hydrogens (tertiary/aromatic N) is 1. The summed E-state index contributed by atoms with van der Waals surface area (Å²) in [7, 11) is 0. The third kappa shape index (κ3) is 4.94. The van der Waals surface area contributed by atoms with Crippen LogP contribution in [0.25, 0.3) is 0 Å². The number of benzene rings is 1. The van der Waals surface area contributed by atoms with Crippen molar-refractivity contribution in [3.8, 4) is 0 Å². The van der Waals surface area contributed by atoms with Gasteiger partial charge in [-0.2, -0.15) is 13.2 Å². The van der Waals surface area contributed by atoms with Crippen LogP contribution < -0.4 is 5.32 Å². The van der Waals surface area contributed by atoms with E-state index in [1.807, 2.05) is 4.90 Å². The summed E-state index contributed by atoms with van der Waals surface area (Å²) in [6, 6.07) is 5.03. The Hall–Kier alpha value is -1.60. The predicted molar refractivity (Wildman–Crippen MR) is 81.0 cm³/mol. The molecule has 1 aromatic carbocycles. The third-order valence-electron chi connectivity index (χ3n) is 3.97. The summed E-state index contributed by atoms with van der Waals surface area (Å²) < 4.78 is 38.8. The van der Waals surface area contributed by atoms with Gasteiger partial charge in [-0.3, -0.25) is 9.69 Å². The summed E-state index contributed by atoms with van der Waals surface area (Å²) in [6.45, 7) is 2.44. The number of likely N-dealkylation sites (tertiary alicyclic amines) is 1. The number of alkyl halides is 3. The molecule has 1 amide bonds.